The highest BCUT2D eigenvalue weighted by Crippen LogP contribution is 2.37. The summed E-state index contributed by atoms with van der Waals surface area (Å²) in [5.74, 6) is -1.31. The number of sulfonamides is 1. The Hall–Kier alpha value is -4.04. The molecule has 1 fully saturated rings. The highest BCUT2D eigenvalue weighted by atomic mass is 32.2. The molecule has 216 valence electrons. The van der Waals surface area contributed by atoms with E-state index in [1.54, 1.807) is 19.0 Å². The Morgan fingerprint density at radius 2 is 1.88 bits per heavy atom. The van der Waals surface area contributed by atoms with Crippen molar-refractivity contribution in [2.24, 2.45) is 0 Å². The molecule has 2 aromatic carbocycles. The molecule has 1 atom stereocenters. The van der Waals surface area contributed by atoms with E-state index in [9.17, 15) is 35.9 Å². The Morgan fingerprint density at radius 3 is 2.51 bits per heavy atom. The molecule has 1 aliphatic rings. The van der Waals surface area contributed by atoms with E-state index in [1.165, 1.54) is 18.2 Å². The number of aryl methyl sites for hydroxylation is 1. The summed E-state index contributed by atoms with van der Waals surface area (Å²) in [5.41, 5.74) is -0.228. The summed E-state index contributed by atoms with van der Waals surface area (Å²) in [6.07, 6.45) is -4.31. The van der Waals surface area contributed by atoms with Gasteiger partial charge in [-0.3, -0.25) is 4.79 Å². The SMILES string of the molecule is CN(C)c1nc(CCC(=O)[C@@H]2CCN2S(=O)(=O)c2cc3cc(F)ccc3o2)cc(-c2ccc(C(F)(F)F)cc2O)n1. The van der Waals surface area contributed by atoms with Gasteiger partial charge in [0.2, 0.25) is 11.0 Å². The summed E-state index contributed by atoms with van der Waals surface area (Å²) >= 11 is 0. The lowest BCUT2D eigenvalue weighted by atomic mass is 9.98. The van der Waals surface area contributed by atoms with Crippen LogP contribution in [0.1, 0.15) is 24.1 Å². The Balaban J connectivity index is 1.34. The number of aromatic nitrogens is 2. The molecule has 1 N–H and O–H groups in total. The molecule has 0 aliphatic carbocycles. The van der Waals surface area contributed by atoms with Gasteiger partial charge in [-0.15, -0.1) is 0 Å². The second kappa shape index (κ2) is 10.4. The molecule has 0 spiro atoms. The van der Waals surface area contributed by atoms with Crippen LogP contribution in [0.3, 0.4) is 0 Å². The van der Waals surface area contributed by atoms with Crippen LogP contribution in [0.2, 0.25) is 0 Å². The summed E-state index contributed by atoms with van der Waals surface area (Å²) in [4.78, 5) is 23.3. The Labute approximate surface area is 232 Å². The first-order valence-corrected chi connectivity index (χ1v) is 13.9. The number of rotatable bonds is 8. The van der Waals surface area contributed by atoms with Crippen molar-refractivity contribution >= 4 is 32.7 Å². The third-order valence-electron chi connectivity index (χ3n) is 6.76. The molecule has 9 nitrogen and oxygen atoms in total. The number of phenols is 1. The van der Waals surface area contributed by atoms with Gasteiger partial charge >= 0.3 is 6.18 Å². The fraction of sp³-hybridized carbons (Fsp3) is 0.296. The van der Waals surface area contributed by atoms with E-state index < -0.39 is 39.4 Å². The van der Waals surface area contributed by atoms with Crippen LogP contribution < -0.4 is 4.90 Å². The summed E-state index contributed by atoms with van der Waals surface area (Å²) in [5, 5.41) is 10.2. The number of fused-ring (bicyclic) bond motifs is 1. The van der Waals surface area contributed by atoms with Gasteiger partial charge < -0.3 is 14.4 Å². The number of ketones is 1. The van der Waals surface area contributed by atoms with Crippen LogP contribution in [-0.4, -0.2) is 60.3 Å². The Morgan fingerprint density at radius 1 is 1.12 bits per heavy atom. The second-order valence-corrected chi connectivity index (χ2v) is 11.6. The van der Waals surface area contributed by atoms with Crippen LogP contribution in [0.5, 0.6) is 5.75 Å². The average Bonchev–Trinajstić information content (AvgIpc) is 3.30. The lowest BCUT2D eigenvalue weighted by Crippen LogP contribution is -2.54. The smallest absolute Gasteiger partial charge is 0.416 e. The van der Waals surface area contributed by atoms with Gasteiger partial charge in [-0.05, 0) is 55.3 Å². The number of hydrogen-bond acceptors (Lipinski definition) is 8. The number of nitrogens with zero attached hydrogens (tertiary/aromatic N) is 4. The molecule has 0 unspecified atom stereocenters. The van der Waals surface area contributed by atoms with Gasteiger partial charge in [0.05, 0.1) is 17.3 Å². The first-order chi connectivity index (χ1) is 19.2. The number of halogens is 4. The zero-order valence-electron chi connectivity index (χ0n) is 21.8. The quantitative estimate of drug-likeness (QED) is 0.291. The standard InChI is InChI=1S/C27H24F4N4O5S/c1-34(2)26-32-18(14-20(33-26)19-6-3-16(13-23(19)37)27(29,30)31)5-7-22(36)21-9-10-35(21)41(38,39)25-12-15-11-17(28)4-8-24(15)40-25/h3-4,6,8,11-14,21,37H,5,7,9-10H2,1-2H3/t21-/m0/s1. The number of phenolic OH excluding ortho intramolecular Hbond substituents is 1. The fourth-order valence-corrected chi connectivity index (χ4v) is 6.10. The summed E-state index contributed by atoms with van der Waals surface area (Å²) in [7, 11) is -0.837. The Bertz CT molecular complexity index is 1750. The molecule has 2 aromatic heterocycles. The molecule has 1 saturated heterocycles. The third kappa shape index (κ3) is 5.61. The van der Waals surface area contributed by atoms with Gasteiger partial charge in [0.25, 0.3) is 10.0 Å². The number of aromatic hydroxyl groups is 1. The largest absolute Gasteiger partial charge is 0.507 e. The van der Waals surface area contributed by atoms with E-state index in [2.05, 4.69) is 9.97 Å². The molecule has 4 aromatic rings. The van der Waals surface area contributed by atoms with Gasteiger partial charge in [-0.1, -0.05) is 0 Å². The molecule has 1 aliphatic heterocycles. The maximum atomic E-state index is 13.5. The van der Waals surface area contributed by atoms with Crippen LogP contribution in [-0.2, 0) is 27.4 Å². The summed E-state index contributed by atoms with van der Waals surface area (Å²) in [6.45, 7) is 0.111. The molecule has 0 saturated carbocycles. The van der Waals surface area contributed by atoms with Crippen molar-refractivity contribution in [3.63, 3.8) is 0 Å². The van der Waals surface area contributed by atoms with Crippen LogP contribution in [0.15, 0.2) is 58.0 Å². The first-order valence-electron chi connectivity index (χ1n) is 12.4. The van der Waals surface area contributed by atoms with E-state index in [0.717, 1.165) is 28.6 Å². The summed E-state index contributed by atoms with van der Waals surface area (Å²) < 4.78 is 85.4. The normalized spacial score (nSPS) is 16.1. The molecule has 0 bridgehead atoms. The second-order valence-electron chi connectivity index (χ2n) is 9.80. The third-order valence-corrected chi connectivity index (χ3v) is 8.52. The highest BCUT2D eigenvalue weighted by Gasteiger charge is 2.43. The number of Topliss-reactive ketones (excluding diaryl/α,β-unsaturated/α-hetero) is 1. The van der Waals surface area contributed by atoms with E-state index in [4.69, 9.17) is 4.42 Å². The molecule has 41 heavy (non-hydrogen) atoms. The van der Waals surface area contributed by atoms with Gasteiger partial charge in [0.15, 0.2) is 5.78 Å². The van der Waals surface area contributed by atoms with Crippen LogP contribution in [0.4, 0.5) is 23.5 Å². The van der Waals surface area contributed by atoms with Gasteiger partial charge in [0, 0.05) is 49.8 Å². The topological polar surface area (TPSA) is 117 Å². The van der Waals surface area contributed by atoms with Crippen LogP contribution in [0, 0.1) is 5.82 Å². The minimum absolute atomic E-state index is 0.0538. The van der Waals surface area contributed by atoms with E-state index >= 15 is 0 Å². The van der Waals surface area contributed by atoms with E-state index in [-0.39, 0.29) is 58.4 Å². The fourth-order valence-electron chi connectivity index (χ4n) is 4.50. The number of anilines is 1. The molecule has 0 amide bonds. The number of benzene rings is 2. The minimum Gasteiger partial charge on any atom is -0.507 e. The van der Waals surface area contributed by atoms with Crippen molar-refractivity contribution in [3.05, 3.63) is 65.6 Å². The lowest BCUT2D eigenvalue weighted by Gasteiger charge is -2.37. The average molecular weight is 593 g/mol. The Kier molecular flexibility index (Phi) is 7.24. The monoisotopic (exact) mass is 592 g/mol. The zero-order valence-corrected chi connectivity index (χ0v) is 22.6. The maximum Gasteiger partial charge on any atom is 0.416 e. The molecule has 14 heteroatoms. The van der Waals surface area contributed by atoms with Crippen molar-refractivity contribution in [1.29, 1.82) is 0 Å². The molecular weight excluding hydrogens is 568 g/mol. The predicted octanol–water partition coefficient (Wildman–Crippen LogP) is 4.78. The molecule has 5 rings (SSSR count). The maximum absolute atomic E-state index is 13.5. The number of carbonyl (C=O) groups is 1. The van der Waals surface area contributed by atoms with Gasteiger partial charge in [-0.25, -0.2) is 22.8 Å². The predicted molar refractivity (Wildman–Crippen MR) is 140 cm³/mol. The van der Waals surface area contributed by atoms with E-state index in [0.29, 0.717) is 18.2 Å². The van der Waals surface area contributed by atoms with Crippen molar-refractivity contribution in [1.82, 2.24) is 14.3 Å². The van der Waals surface area contributed by atoms with Gasteiger partial charge in [0.1, 0.15) is 17.1 Å². The number of hydrogen-bond donors (Lipinski definition) is 1. The minimum atomic E-state index is -4.63. The highest BCUT2D eigenvalue weighted by molar-refractivity contribution is 7.89. The first kappa shape index (κ1) is 28.5. The van der Waals surface area contributed by atoms with Crippen molar-refractivity contribution < 1.29 is 40.3 Å². The molecule has 3 heterocycles. The lowest BCUT2D eigenvalue weighted by molar-refractivity contribution is -0.137. The number of carbonyl (C=O) groups excluding carboxylic acids is 1. The van der Waals surface area contributed by atoms with Crippen molar-refractivity contribution in [2.75, 3.05) is 25.5 Å². The molecule has 0 radical (unpaired) electrons. The van der Waals surface area contributed by atoms with E-state index in [1.807, 2.05) is 0 Å². The number of alkyl halides is 3. The van der Waals surface area contributed by atoms with Crippen LogP contribution in [0.25, 0.3) is 22.2 Å². The van der Waals surface area contributed by atoms with Gasteiger partial charge in [-0.2, -0.15) is 17.5 Å². The van der Waals surface area contributed by atoms with Crippen molar-refractivity contribution in [3.8, 4) is 17.0 Å². The zero-order chi connectivity index (χ0) is 29.7. The molecular formula is C27H24F4N4O5S. The van der Waals surface area contributed by atoms with Crippen LogP contribution >= 0.6 is 0 Å². The van der Waals surface area contributed by atoms with Crippen molar-refractivity contribution in [2.45, 2.75) is 36.6 Å². The number of furan rings is 1. The summed E-state index contributed by atoms with van der Waals surface area (Å²) in [6, 6.07) is 7.94.